The first-order valence-electron chi connectivity index (χ1n) is 12.3. The van der Waals surface area contributed by atoms with Crippen LogP contribution in [-0.4, -0.2) is 45.3 Å². The Morgan fingerprint density at radius 1 is 0.889 bits per heavy atom. The average Bonchev–Trinajstić information content (AvgIpc) is 2.91. The summed E-state index contributed by atoms with van der Waals surface area (Å²) in [4.78, 5) is 15.5. The fourth-order valence-electron chi connectivity index (χ4n) is 4.65. The SMILES string of the molecule is COc1ccc(CC(=O)N2CCc3cc(OC)c(OC)cc3[C@@H]2COc2ccc(C(C)C)cc2)cc1. The Labute approximate surface area is 213 Å². The van der Waals surface area contributed by atoms with Gasteiger partial charge in [0.1, 0.15) is 18.1 Å². The van der Waals surface area contributed by atoms with Crippen molar-refractivity contribution >= 4 is 5.91 Å². The molecule has 1 aliphatic rings. The van der Waals surface area contributed by atoms with Crippen molar-refractivity contribution < 1.29 is 23.7 Å². The third kappa shape index (κ3) is 5.59. The molecule has 0 fully saturated rings. The lowest BCUT2D eigenvalue weighted by atomic mass is 9.91. The first-order valence-corrected chi connectivity index (χ1v) is 12.3. The van der Waals surface area contributed by atoms with E-state index in [4.69, 9.17) is 18.9 Å². The number of ether oxygens (including phenoxy) is 4. The van der Waals surface area contributed by atoms with Gasteiger partial charge in [-0.3, -0.25) is 4.79 Å². The fourth-order valence-corrected chi connectivity index (χ4v) is 4.65. The summed E-state index contributed by atoms with van der Waals surface area (Å²) in [5, 5.41) is 0. The van der Waals surface area contributed by atoms with E-state index in [9.17, 15) is 4.79 Å². The molecule has 0 bridgehead atoms. The zero-order valence-electron chi connectivity index (χ0n) is 21.7. The maximum Gasteiger partial charge on any atom is 0.227 e. The Hall–Kier alpha value is -3.67. The predicted molar refractivity (Wildman–Crippen MR) is 140 cm³/mol. The minimum Gasteiger partial charge on any atom is -0.497 e. The van der Waals surface area contributed by atoms with Gasteiger partial charge in [0.25, 0.3) is 0 Å². The Morgan fingerprint density at radius 2 is 1.53 bits per heavy atom. The van der Waals surface area contributed by atoms with Crippen LogP contribution in [0.2, 0.25) is 0 Å². The van der Waals surface area contributed by atoms with Crippen molar-refractivity contribution in [2.45, 2.75) is 38.6 Å². The number of hydrogen-bond acceptors (Lipinski definition) is 5. The highest BCUT2D eigenvalue weighted by atomic mass is 16.5. The van der Waals surface area contributed by atoms with Gasteiger partial charge >= 0.3 is 0 Å². The molecule has 3 aromatic rings. The predicted octanol–water partition coefficient (Wildman–Crippen LogP) is 5.58. The second-order valence-corrected chi connectivity index (χ2v) is 9.32. The molecule has 0 spiro atoms. The monoisotopic (exact) mass is 489 g/mol. The van der Waals surface area contributed by atoms with Crippen LogP contribution in [0.4, 0.5) is 0 Å². The van der Waals surface area contributed by atoms with Crippen LogP contribution >= 0.6 is 0 Å². The topological polar surface area (TPSA) is 57.2 Å². The van der Waals surface area contributed by atoms with E-state index in [0.29, 0.717) is 37.0 Å². The highest BCUT2D eigenvalue weighted by Crippen LogP contribution is 2.38. The highest BCUT2D eigenvalue weighted by Gasteiger charge is 2.33. The van der Waals surface area contributed by atoms with Gasteiger partial charge in [-0.05, 0) is 71.0 Å². The normalized spacial score (nSPS) is 14.8. The number of amides is 1. The molecule has 1 amide bonds. The van der Waals surface area contributed by atoms with Crippen LogP contribution in [-0.2, 0) is 17.6 Å². The largest absolute Gasteiger partial charge is 0.497 e. The summed E-state index contributed by atoms with van der Waals surface area (Å²) in [5.74, 6) is 3.41. The molecule has 1 aliphatic heterocycles. The van der Waals surface area contributed by atoms with Crippen LogP contribution in [0, 0.1) is 0 Å². The van der Waals surface area contributed by atoms with Crippen LogP contribution in [0.3, 0.4) is 0 Å². The molecule has 36 heavy (non-hydrogen) atoms. The molecule has 3 aromatic carbocycles. The molecule has 0 saturated carbocycles. The smallest absolute Gasteiger partial charge is 0.227 e. The molecule has 4 rings (SSSR count). The number of carbonyl (C=O) groups excluding carboxylic acids is 1. The number of hydrogen-bond donors (Lipinski definition) is 0. The lowest BCUT2D eigenvalue weighted by Gasteiger charge is -2.37. The minimum absolute atomic E-state index is 0.0596. The Kier molecular flexibility index (Phi) is 8.04. The zero-order chi connectivity index (χ0) is 25.7. The Bertz CT molecular complexity index is 1170. The van der Waals surface area contributed by atoms with Crippen molar-refractivity contribution in [1.29, 1.82) is 0 Å². The molecular weight excluding hydrogens is 454 g/mol. The third-order valence-electron chi connectivity index (χ3n) is 6.79. The van der Waals surface area contributed by atoms with E-state index < -0.39 is 0 Å². The van der Waals surface area contributed by atoms with Crippen molar-refractivity contribution in [3.05, 3.63) is 82.9 Å². The van der Waals surface area contributed by atoms with Crippen LogP contribution in [0.25, 0.3) is 0 Å². The number of rotatable bonds is 9. The van der Waals surface area contributed by atoms with Gasteiger partial charge < -0.3 is 23.8 Å². The van der Waals surface area contributed by atoms with Crippen molar-refractivity contribution in [3.8, 4) is 23.0 Å². The summed E-state index contributed by atoms with van der Waals surface area (Å²) in [6.45, 7) is 5.29. The van der Waals surface area contributed by atoms with Gasteiger partial charge in [0.05, 0.1) is 33.8 Å². The van der Waals surface area contributed by atoms with E-state index >= 15 is 0 Å². The fraction of sp³-hybridized carbons (Fsp3) is 0.367. The summed E-state index contributed by atoms with van der Waals surface area (Å²) in [7, 11) is 4.90. The van der Waals surface area contributed by atoms with Crippen molar-refractivity contribution in [2.24, 2.45) is 0 Å². The van der Waals surface area contributed by atoms with Crippen LogP contribution in [0.15, 0.2) is 60.7 Å². The summed E-state index contributed by atoms with van der Waals surface area (Å²) in [6.07, 6.45) is 1.05. The van der Waals surface area contributed by atoms with Crippen LogP contribution < -0.4 is 18.9 Å². The summed E-state index contributed by atoms with van der Waals surface area (Å²) < 4.78 is 22.6. The highest BCUT2D eigenvalue weighted by molar-refractivity contribution is 5.80. The molecule has 0 unspecified atom stereocenters. The number of nitrogens with zero attached hydrogens (tertiary/aromatic N) is 1. The zero-order valence-corrected chi connectivity index (χ0v) is 21.7. The first-order chi connectivity index (χ1) is 17.4. The second kappa shape index (κ2) is 11.4. The molecule has 1 heterocycles. The van der Waals surface area contributed by atoms with E-state index in [2.05, 4.69) is 26.0 Å². The van der Waals surface area contributed by atoms with Gasteiger partial charge in [-0.15, -0.1) is 0 Å². The Morgan fingerprint density at radius 3 is 2.14 bits per heavy atom. The molecule has 1 atom stereocenters. The summed E-state index contributed by atoms with van der Waals surface area (Å²) in [6, 6.07) is 19.6. The molecular formula is C30H35NO5. The maximum absolute atomic E-state index is 13.5. The van der Waals surface area contributed by atoms with Crippen molar-refractivity contribution in [2.75, 3.05) is 34.5 Å². The lowest BCUT2D eigenvalue weighted by molar-refractivity contribution is -0.134. The van der Waals surface area contributed by atoms with Gasteiger partial charge in [-0.1, -0.05) is 38.1 Å². The van der Waals surface area contributed by atoms with Crippen LogP contribution in [0.1, 0.15) is 48.1 Å². The third-order valence-corrected chi connectivity index (χ3v) is 6.79. The summed E-state index contributed by atoms with van der Waals surface area (Å²) in [5.41, 5.74) is 4.38. The van der Waals surface area contributed by atoms with Gasteiger partial charge in [0.2, 0.25) is 5.91 Å². The first kappa shape index (κ1) is 25.4. The van der Waals surface area contributed by atoms with Gasteiger partial charge in [-0.2, -0.15) is 0 Å². The van der Waals surface area contributed by atoms with Crippen molar-refractivity contribution in [3.63, 3.8) is 0 Å². The number of benzene rings is 3. The Balaban J connectivity index is 1.61. The molecule has 6 nitrogen and oxygen atoms in total. The van der Waals surface area contributed by atoms with E-state index in [1.54, 1.807) is 21.3 Å². The molecule has 0 N–H and O–H groups in total. The van der Waals surface area contributed by atoms with E-state index in [1.165, 1.54) is 5.56 Å². The molecule has 0 radical (unpaired) electrons. The van der Waals surface area contributed by atoms with E-state index in [0.717, 1.165) is 34.6 Å². The molecule has 190 valence electrons. The minimum atomic E-state index is -0.246. The summed E-state index contributed by atoms with van der Waals surface area (Å²) >= 11 is 0. The standard InChI is InChI=1S/C30H35NO5/c1-20(2)22-8-12-25(13-9-22)36-19-27-26-18-29(35-5)28(34-4)17-23(26)14-15-31(27)30(32)16-21-6-10-24(33-3)11-7-21/h6-13,17-18,20,27H,14-16,19H2,1-5H3/t27-/m0/s1. The lowest BCUT2D eigenvalue weighted by Crippen LogP contribution is -2.43. The maximum atomic E-state index is 13.5. The number of carbonyl (C=O) groups is 1. The number of methoxy groups -OCH3 is 3. The molecule has 0 saturated heterocycles. The van der Waals surface area contributed by atoms with Gasteiger partial charge in [0.15, 0.2) is 11.5 Å². The van der Waals surface area contributed by atoms with Crippen LogP contribution in [0.5, 0.6) is 23.0 Å². The van der Waals surface area contributed by atoms with Crippen molar-refractivity contribution in [1.82, 2.24) is 4.90 Å². The molecule has 0 aliphatic carbocycles. The second-order valence-electron chi connectivity index (χ2n) is 9.32. The quantitative estimate of drug-likeness (QED) is 0.393. The van der Waals surface area contributed by atoms with E-state index in [-0.39, 0.29) is 11.9 Å². The molecule has 6 heteroatoms. The average molecular weight is 490 g/mol. The molecule has 0 aromatic heterocycles. The van der Waals surface area contributed by atoms with Gasteiger partial charge in [-0.25, -0.2) is 0 Å². The van der Waals surface area contributed by atoms with Gasteiger partial charge in [0, 0.05) is 6.54 Å². The van der Waals surface area contributed by atoms with E-state index in [1.807, 2.05) is 53.4 Å². The number of fused-ring (bicyclic) bond motifs is 1.